The molecule has 0 amide bonds. The number of hydrogen-bond donors (Lipinski definition) is 1. The van der Waals surface area contributed by atoms with E-state index in [9.17, 15) is 14.9 Å². The first-order chi connectivity index (χ1) is 9.40. The normalized spacial score (nSPS) is 10.8. The van der Waals surface area contributed by atoms with Crippen molar-refractivity contribution >= 4 is 11.7 Å². The van der Waals surface area contributed by atoms with Crippen molar-refractivity contribution < 1.29 is 14.8 Å². The Hall–Kier alpha value is -2.77. The molecule has 0 saturated heterocycles. The van der Waals surface area contributed by atoms with Gasteiger partial charge in [-0.25, -0.2) is 14.5 Å². The summed E-state index contributed by atoms with van der Waals surface area (Å²) in [7, 11) is 0. The first-order valence-corrected chi connectivity index (χ1v) is 5.84. The maximum Gasteiger partial charge on any atom is 0.342 e. The Balaban J connectivity index is 2.50. The molecule has 0 aliphatic carbocycles. The quantitative estimate of drug-likeness (QED) is 0.675. The summed E-state index contributed by atoms with van der Waals surface area (Å²) in [6.07, 6.45) is 2.56. The van der Waals surface area contributed by atoms with Crippen LogP contribution in [-0.2, 0) is 0 Å². The fourth-order valence-corrected chi connectivity index (χ4v) is 1.65. The molecule has 0 fully saturated rings. The number of hydrogen-bond acceptors (Lipinski definition) is 5. The zero-order chi connectivity index (χ0) is 14.9. The molecule has 0 saturated carbocycles. The maximum atomic E-state index is 11.1. The van der Waals surface area contributed by atoms with Crippen molar-refractivity contribution in [3.05, 3.63) is 45.9 Å². The number of aromatic carboxylic acids is 1. The zero-order valence-corrected chi connectivity index (χ0v) is 10.8. The number of pyridine rings is 1. The second kappa shape index (κ2) is 5.08. The summed E-state index contributed by atoms with van der Waals surface area (Å²) in [5, 5.41) is 24.0. The van der Waals surface area contributed by atoms with Gasteiger partial charge in [0, 0.05) is 12.3 Å². The standard InChI is InChI=1S/C12H12N4O4/c1-7(2)9-3-4-15(14-9)11-5-8(12(17)18)10(6-13-11)16(19)20/h3-7H,1-2H3,(H,17,18). The third-order valence-electron chi connectivity index (χ3n) is 2.73. The van der Waals surface area contributed by atoms with Gasteiger partial charge in [-0.2, -0.15) is 5.10 Å². The number of nitrogens with zero attached hydrogens (tertiary/aromatic N) is 4. The number of carboxylic acids is 1. The average molecular weight is 276 g/mol. The molecule has 8 nitrogen and oxygen atoms in total. The van der Waals surface area contributed by atoms with Crippen LogP contribution in [-0.4, -0.2) is 30.8 Å². The second-order valence-corrected chi connectivity index (χ2v) is 4.46. The zero-order valence-electron chi connectivity index (χ0n) is 10.8. The van der Waals surface area contributed by atoms with E-state index in [2.05, 4.69) is 10.1 Å². The minimum Gasteiger partial charge on any atom is -0.477 e. The summed E-state index contributed by atoms with van der Waals surface area (Å²) < 4.78 is 1.39. The summed E-state index contributed by atoms with van der Waals surface area (Å²) in [4.78, 5) is 24.9. The van der Waals surface area contributed by atoms with Crippen LogP contribution in [0.3, 0.4) is 0 Å². The van der Waals surface area contributed by atoms with Crippen molar-refractivity contribution in [1.82, 2.24) is 14.8 Å². The van der Waals surface area contributed by atoms with E-state index in [0.717, 1.165) is 18.0 Å². The van der Waals surface area contributed by atoms with Crippen molar-refractivity contribution in [2.24, 2.45) is 0 Å². The number of carboxylic acid groups (broad SMARTS) is 1. The fourth-order valence-electron chi connectivity index (χ4n) is 1.65. The molecular weight excluding hydrogens is 264 g/mol. The highest BCUT2D eigenvalue weighted by Gasteiger charge is 2.21. The molecule has 1 N–H and O–H groups in total. The summed E-state index contributed by atoms with van der Waals surface area (Å²) in [6.45, 7) is 3.94. The van der Waals surface area contributed by atoms with E-state index in [0.29, 0.717) is 0 Å². The lowest BCUT2D eigenvalue weighted by atomic mass is 10.1. The maximum absolute atomic E-state index is 11.1. The molecule has 2 aromatic heterocycles. The van der Waals surface area contributed by atoms with E-state index < -0.39 is 22.1 Å². The Labute approximate surface area is 113 Å². The van der Waals surface area contributed by atoms with Gasteiger partial charge in [-0.1, -0.05) is 13.8 Å². The molecule has 0 bridgehead atoms. The molecule has 20 heavy (non-hydrogen) atoms. The Kier molecular flexibility index (Phi) is 3.47. The second-order valence-electron chi connectivity index (χ2n) is 4.46. The fraction of sp³-hybridized carbons (Fsp3) is 0.250. The molecule has 8 heteroatoms. The summed E-state index contributed by atoms with van der Waals surface area (Å²) >= 11 is 0. The summed E-state index contributed by atoms with van der Waals surface area (Å²) in [5.74, 6) is -0.940. The van der Waals surface area contributed by atoms with Gasteiger partial charge < -0.3 is 5.11 Å². The predicted octanol–water partition coefficient (Wildman–Crippen LogP) is 2.00. The average Bonchev–Trinajstić information content (AvgIpc) is 2.87. The minimum absolute atomic E-state index is 0.216. The number of rotatable bonds is 4. The van der Waals surface area contributed by atoms with Crippen molar-refractivity contribution in [2.45, 2.75) is 19.8 Å². The Bertz CT molecular complexity index is 678. The van der Waals surface area contributed by atoms with Gasteiger partial charge in [0.2, 0.25) is 0 Å². The lowest BCUT2D eigenvalue weighted by molar-refractivity contribution is -0.385. The lowest BCUT2D eigenvalue weighted by Gasteiger charge is -2.03. The van der Waals surface area contributed by atoms with E-state index in [1.165, 1.54) is 4.68 Å². The molecule has 2 rings (SSSR count). The molecule has 0 aromatic carbocycles. The van der Waals surface area contributed by atoms with E-state index in [1.54, 1.807) is 12.3 Å². The number of carbonyl (C=O) groups is 1. The van der Waals surface area contributed by atoms with Gasteiger partial charge in [-0.05, 0) is 12.0 Å². The smallest absolute Gasteiger partial charge is 0.342 e. The third kappa shape index (κ3) is 2.48. The highest BCUT2D eigenvalue weighted by molar-refractivity contribution is 5.92. The molecule has 104 valence electrons. The topological polar surface area (TPSA) is 111 Å². The van der Waals surface area contributed by atoms with Gasteiger partial charge in [-0.15, -0.1) is 0 Å². The SMILES string of the molecule is CC(C)c1ccn(-c2cc(C(=O)O)c([N+](=O)[O-])cn2)n1. The molecule has 0 spiro atoms. The van der Waals surface area contributed by atoms with Crippen LogP contribution < -0.4 is 0 Å². The van der Waals surface area contributed by atoms with Crippen molar-refractivity contribution in [3.63, 3.8) is 0 Å². The van der Waals surface area contributed by atoms with Gasteiger partial charge in [0.25, 0.3) is 0 Å². The number of aromatic nitrogens is 3. The molecule has 2 aromatic rings. The van der Waals surface area contributed by atoms with Crippen molar-refractivity contribution in [2.75, 3.05) is 0 Å². The molecule has 2 heterocycles. The van der Waals surface area contributed by atoms with Crippen molar-refractivity contribution in [1.29, 1.82) is 0 Å². The van der Waals surface area contributed by atoms with Crippen LogP contribution in [0.15, 0.2) is 24.5 Å². The van der Waals surface area contributed by atoms with Crippen LogP contribution in [0.2, 0.25) is 0 Å². The van der Waals surface area contributed by atoms with E-state index in [4.69, 9.17) is 5.11 Å². The van der Waals surface area contributed by atoms with Crippen LogP contribution in [0.4, 0.5) is 5.69 Å². The van der Waals surface area contributed by atoms with Crippen molar-refractivity contribution in [3.8, 4) is 5.82 Å². The van der Waals surface area contributed by atoms with Gasteiger partial charge in [0.05, 0.1) is 10.6 Å². The molecule has 0 unspecified atom stereocenters. The Morgan fingerprint density at radius 3 is 2.70 bits per heavy atom. The first-order valence-electron chi connectivity index (χ1n) is 5.84. The van der Waals surface area contributed by atoms with Crippen LogP contribution in [0.5, 0.6) is 0 Å². The molecule has 0 atom stereocenters. The van der Waals surface area contributed by atoms with Gasteiger partial charge in [-0.3, -0.25) is 10.1 Å². The Morgan fingerprint density at radius 1 is 1.50 bits per heavy atom. The highest BCUT2D eigenvalue weighted by Crippen LogP contribution is 2.20. The van der Waals surface area contributed by atoms with Crippen LogP contribution in [0, 0.1) is 10.1 Å². The summed E-state index contributed by atoms with van der Waals surface area (Å²) in [5.41, 5.74) is -0.138. The van der Waals surface area contributed by atoms with E-state index in [1.807, 2.05) is 13.8 Å². The third-order valence-corrected chi connectivity index (χ3v) is 2.73. The largest absolute Gasteiger partial charge is 0.477 e. The number of nitro groups is 1. The molecular formula is C12H12N4O4. The highest BCUT2D eigenvalue weighted by atomic mass is 16.6. The van der Waals surface area contributed by atoms with Crippen LogP contribution in [0.1, 0.15) is 35.8 Å². The van der Waals surface area contributed by atoms with E-state index in [-0.39, 0.29) is 11.7 Å². The van der Waals surface area contributed by atoms with Gasteiger partial charge in [0.1, 0.15) is 11.8 Å². The molecule has 0 aliphatic heterocycles. The monoisotopic (exact) mass is 276 g/mol. The summed E-state index contributed by atoms with van der Waals surface area (Å²) in [6, 6.07) is 2.92. The first kappa shape index (κ1) is 13.7. The predicted molar refractivity (Wildman–Crippen MR) is 69.1 cm³/mol. The van der Waals surface area contributed by atoms with Gasteiger partial charge in [0.15, 0.2) is 5.82 Å². The van der Waals surface area contributed by atoms with Gasteiger partial charge >= 0.3 is 11.7 Å². The minimum atomic E-state index is -1.38. The molecule has 0 radical (unpaired) electrons. The van der Waals surface area contributed by atoms with Crippen LogP contribution in [0.25, 0.3) is 5.82 Å². The lowest BCUT2D eigenvalue weighted by Crippen LogP contribution is -2.07. The molecule has 0 aliphatic rings. The Morgan fingerprint density at radius 2 is 2.20 bits per heavy atom. The van der Waals surface area contributed by atoms with E-state index >= 15 is 0 Å². The van der Waals surface area contributed by atoms with Crippen LogP contribution >= 0.6 is 0 Å².